The van der Waals surface area contributed by atoms with Gasteiger partial charge in [0, 0.05) is 75.7 Å². The predicted octanol–water partition coefficient (Wildman–Crippen LogP) is -0.767. The van der Waals surface area contributed by atoms with Crippen molar-refractivity contribution in [2.24, 2.45) is 0 Å². The molecule has 0 aliphatic carbocycles. The number of hydrogen-bond donors (Lipinski definition) is 0. The van der Waals surface area contributed by atoms with E-state index in [1.54, 1.807) is 0 Å². The Kier molecular flexibility index (Phi) is 148. The first-order valence-electron chi connectivity index (χ1n) is 0. The molecule has 0 spiro atoms. The van der Waals surface area contributed by atoms with E-state index in [9.17, 15) is 0 Å². The second-order valence-corrected chi connectivity index (χ2v) is 0. The maximum absolute atomic E-state index is 0. The van der Waals surface area contributed by atoms with Gasteiger partial charge in [-0.25, -0.2) is 0 Å². The summed E-state index contributed by atoms with van der Waals surface area (Å²) in [4.78, 5) is 0. The zero-order valence-corrected chi connectivity index (χ0v) is 8.23. The van der Waals surface area contributed by atoms with E-state index in [-0.39, 0.29) is 75.7 Å². The van der Waals surface area contributed by atoms with Crippen LogP contribution in [0.1, 0.15) is 0 Å². The average Bonchev–Trinajstić information content (AvgIpc) is 0. The fourth-order valence-electron chi connectivity index (χ4n) is 0. The fraction of sp³-hybridized carbons (Fsp3) is 0. The Labute approximate surface area is 74.8 Å². The van der Waals surface area contributed by atoms with E-state index in [0.29, 0.717) is 0 Å². The normalized spacial score (nSPS) is 0. The summed E-state index contributed by atoms with van der Waals surface area (Å²) in [6.07, 6.45) is 0. The summed E-state index contributed by atoms with van der Waals surface area (Å²) >= 11 is 0. The van der Waals surface area contributed by atoms with Crippen molar-refractivity contribution < 1.29 is 34.4 Å². The molecule has 0 heterocycles. The Balaban J connectivity index is 0. The molecule has 7 radical (unpaired) electrons. The van der Waals surface area contributed by atoms with Crippen LogP contribution in [0.15, 0.2) is 0 Å². The second kappa shape index (κ2) is 18.2. The number of hydrogen-bond acceptors (Lipinski definition) is 0. The van der Waals surface area contributed by atoms with E-state index in [2.05, 4.69) is 0 Å². The van der Waals surface area contributed by atoms with Crippen LogP contribution in [-0.4, -0.2) is 41.3 Å². The summed E-state index contributed by atoms with van der Waals surface area (Å²) in [6, 6.07) is 0. The summed E-state index contributed by atoms with van der Waals surface area (Å²) in [5, 5.41) is 0. The number of rotatable bonds is 0. The fourth-order valence-corrected chi connectivity index (χ4v) is 0. The van der Waals surface area contributed by atoms with E-state index < -0.39 is 0 Å². The first-order valence-corrected chi connectivity index (χ1v) is 0. The molecule has 0 fully saturated rings. The van der Waals surface area contributed by atoms with Crippen LogP contribution in [0.5, 0.6) is 0 Å². The van der Waals surface area contributed by atoms with Crippen LogP contribution in [-0.2, 0) is 34.4 Å². The summed E-state index contributed by atoms with van der Waals surface area (Å²) in [7, 11) is 0. The minimum atomic E-state index is 0. The van der Waals surface area contributed by atoms with Crippen molar-refractivity contribution in [3.63, 3.8) is 0 Å². The Morgan fingerprint density at radius 2 is 1.00 bits per heavy atom. The molecule has 4 heavy (non-hydrogen) atoms. The Morgan fingerprint density at radius 3 is 1.00 bits per heavy atom. The Hall–Kier alpha value is 2.38. The van der Waals surface area contributed by atoms with Crippen LogP contribution in [0.3, 0.4) is 0 Å². The molecule has 0 aliphatic heterocycles. The quantitative estimate of drug-likeness (QED) is 0.498. The van der Waals surface area contributed by atoms with Gasteiger partial charge in [0.15, 0.2) is 0 Å². The average molecular weight is 254 g/mol. The molecule has 0 rings (SSSR count). The minimum Gasteiger partial charge on any atom is 0 e. The van der Waals surface area contributed by atoms with Gasteiger partial charge < -0.3 is 0 Å². The summed E-state index contributed by atoms with van der Waals surface area (Å²) < 4.78 is 0. The molecular weight excluding hydrogens is 254 g/mol. The molecule has 0 atom stereocenters. The summed E-state index contributed by atoms with van der Waals surface area (Å²) in [5.41, 5.74) is 0. The molecule has 0 saturated heterocycles. The van der Waals surface area contributed by atoms with Gasteiger partial charge in [0.25, 0.3) is 0 Å². The molecule has 0 aliphatic rings. The Morgan fingerprint density at radius 1 is 1.00 bits per heavy atom. The third-order valence-corrected chi connectivity index (χ3v) is 0. The maximum Gasteiger partial charge on any atom is 0 e. The van der Waals surface area contributed by atoms with E-state index in [1.165, 1.54) is 0 Å². The zero-order valence-electron chi connectivity index (χ0n) is 1.84. The summed E-state index contributed by atoms with van der Waals surface area (Å²) in [6.45, 7) is 0. The van der Waals surface area contributed by atoms with Crippen LogP contribution < -0.4 is 0 Å². The molecule has 0 aromatic rings. The standard InChI is InChI=1S/Al.Cr.Fe.Sn. The van der Waals surface area contributed by atoms with E-state index >= 15 is 0 Å². The molecule has 0 N–H and O–H groups in total. The van der Waals surface area contributed by atoms with Crippen molar-refractivity contribution >= 4 is 41.3 Å². The molecule has 0 aromatic carbocycles. The third-order valence-electron chi connectivity index (χ3n) is 0. The molecule has 0 unspecified atom stereocenters. The van der Waals surface area contributed by atoms with Crippen molar-refractivity contribution in [3.05, 3.63) is 0 Å². The molecule has 0 aromatic heterocycles. The van der Waals surface area contributed by atoms with E-state index in [0.717, 1.165) is 0 Å². The molecule has 0 saturated carbocycles. The first kappa shape index (κ1) is 32.6. The van der Waals surface area contributed by atoms with Crippen LogP contribution in [0, 0.1) is 0 Å². The molecule has 0 nitrogen and oxygen atoms in total. The molecule has 4 heteroatoms. The van der Waals surface area contributed by atoms with Crippen molar-refractivity contribution in [1.82, 2.24) is 0 Å². The van der Waals surface area contributed by atoms with Gasteiger partial charge in [-0.2, -0.15) is 0 Å². The van der Waals surface area contributed by atoms with Crippen molar-refractivity contribution in [1.29, 1.82) is 0 Å². The van der Waals surface area contributed by atoms with Crippen LogP contribution >= 0.6 is 0 Å². The van der Waals surface area contributed by atoms with Gasteiger partial charge in [0.2, 0.25) is 0 Å². The predicted molar refractivity (Wildman–Crippen MR) is 11.5 cm³/mol. The topological polar surface area (TPSA) is 0 Å². The van der Waals surface area contributed by atoms with Gasteiger partial charge in [-0.15, -0.1) is 0 Å². The van der Waals surface area contributed by atoms with Crippen LogP contribution in [0.4, 0.5) is 0 Å². The van der Waals surface area contributed by atoms with Crippen LogP contribution in [0.25, 0.3) is 0 Å². The van der Waals surface area contributed by atoms with Gasteiger partial charge in [-0.3, -0.25) is 0 Å². The van der Waals surface area contributed by atoms with Gasteiger partial charge in [0.05, 0.1) is 0 Å². The second-order valence-electron chi connectivity index (χ2n) is 0. The van der Waals surface area contributed by atoms with Gasteiger partial charge >= 0.3 is 0 Å². The summed E-state index contributed by atoms with van der Waals surface area (Å²) in [5.74, 6) is 0. The maximum atomic E-state index is 0. The van der Waals surface area contributed by atoms with Gasteiger partial charge in [-0.1, -0.05) is 0 Å². The molecule has 0 bridgehead atoms. The smallest absolute Gasteiger partial charge is 0 e. The zero-order chi connectivity index (χ0) is 0. The SMILES string of the molecule is [Al].[Cr].[Fe].[Sn]. The van der Waals surface area contributed by atoms with Crippen molar-refractivity contribution in [2.45, 2.75) is 0 Å². The molecular formula is AlCrFeSn. The van der Waals surface area contributed by atoms with Crippen molar-refractivity contribution in [2.75, 3.05) is 0 Å². The van der Waals surface area contributed by atoms with Gasteiger partial charge in [0.1, 0.15) is 0 Å². The van der Waals surface area contributed by atoms with E-state index in [1.807, 2.05) is 0 Å². The van der Waals surface area contributed by atoms with E-state index in [4.69, 9.17) is 0 Å². The van der Waals surface area contributed by atoms with Crippen LogP contribution in [0.2, 0.25) is 0 Å². The third kappa shape index (κ3) is 8.83. The van der Waals surface area contributed by atoms with Gasteiger partial charge in [-0.05, 0) is 0 Å². The largest absolute Gasteiger partial charge is 0 e. The molecule has 21 valence electrons. The van der Waals surface area contributed by atoms with Crippen molar-refractivity contribution in [3.8, 4) is 0 Å². The Bertz CT molecular complexity index is 8.00. The first-order chi connectivity index (χ1) is 0. The molecule has 0 amide bonds. The monoisotopic (exact) mass is 255 g/mol. The minimum absolute atomic E-state index is 0.